The monoisotopic (exact) mass is 700 g/mol. The van der Waals surface area contributed by atoms with Crippen molar-refractivity contribution in [3.05, 3.63) is 77.5 Å². The minimum atomic E-state index is -0.625. The van der Waals surface area contributed by atoms with Crippen molar-refractivity contribution < 1.29 is 33.2 Å². The summed E-state index contributed by atoms with van der Waals surface area (Å²) in [4.78, 5) is 29.4. The largest absolute Gasteiger partial charge is 0.497 e. The first kappa shape index (κ1) is 37.0. The lowest BCUT2D eigenvalue weighted by Gasteiger charge is -2.32. The van der Waals surface area contributed by atoms with Gasteiger partial charge in [0.1, 0.15) is 23.1 Å². The van der Waals surface area contributed by atoms with E-state index in [1.165, 1.54) is 4.90 Å². The Morgan fingerprint density at radius 3 is 2.25 bits per heavy atom. The molecule has 3 aromatic carbocycles. The maximum absolute atomic E-state index is 14.0. The number of rotatable bonds is 15. The van der Waals surface area contributed by atoms with Crippen LogP contribution in [0.3, 0.4) is 0 Å². The van der Waals surface area contributed by atoms with Crippen molar-refractivity contribution in [3.8, 4) is 34.5 Å². The van der Waals surface area contributed by atoms with Crippen LogP contribution in [0.5, 0.6) is 34.5 Å². The molecule has 2 heterocycles. The summed E-state index contributed by atoms with van der Waals surface area (Å²) in [6.07, 6.45) is 1.81. The van der Waals surface area contributed by atoms with Gasteiger partial charge in [0.05, 0.1) is 41.6 Å². The van der Waals surface area contributed by atoms with Crippen molar-refractivity contribution >= 4 is 23.5 Å². The van der Waals surface area contributed by atoms with E-state index in [0.717, 1.165) is 50.3 Å². The lowest BCUT2D eigenvalue weighted by atomic mass is 10.1. The molecule has 0 spiro atoms. The topological polar surface area (TPSA) is 120 Å². The normalized spacial score (nSPS) is 13.3. The van der Waals surface area contributed by atoms with Crippen LogP contribution in [0.25, 0.3) is 0 Å². The zero-order chi connectivity index (χ0) is 36.3. The highest BCUT2D eigenvalue weighted by Gasteiger charge is 2.24. The summed E-state index contributed by atoms with van der Waals surface area (Å²) < 4.78 is 34.6. The number of hydrogen-bond donors (Lipinski definition) is 1. The fourth-order valence-electron chi connectivity index (χ4n) is 5.86. The first-order valence-electron chi connectivity index (χ1n) is 16.9. The number of para-hydroxylation sites is 1. The third-order valence-electron chi connectivity index (χ3n) is 8.73. The summed E-state index contributed by atoms with van der Waals surface area (Å²) in [6, 6.07) is 16.4. The number of benzene rings is 3. The summed E-state index contributed by atoms with van der Waals surface area (Å²) in [5.74, 6) is 3.72. The number of ether oxygens (including phenoxy) is 6. The Hall–Kier alpha value is -5.27. The number of hydrogen-bond acceptors (Lipinski definition) is 12. The van der Waals surface area contributed by atoms with Gasteiger partial charge >= 0.3 is 6.09 Å². The Kier molecular flexibility index (Phi) is 12.8. The molecule has 51 heavy (non-hydrogen) atoms. The molecule has 0 radical (unpaired) electrons. The first-order valence-corrected chi connectivity index (χ1v) is 16.9. The summed E-state index contributed by atoms with van der Waals surface area (Å²) >= 11 is 0. The Labute approximate surface area is 300 Å². The van der Waals surface area contributed by atoms with Gasteiger partial charge in [-0.1, -0.05) is 18.2 Å². The number of carbonyl (C=O) groups is 1. The predicted molar refractivity (Wildman–Crippen MR) is 197 cm³/mol. The number of aryl methyl sites for hydroxylation is 2. The van der Waals surface area contributed by atoms with E-state index in [2.05, 4.69) is 27.1 Å². The molecule has 0 saturated carbocycles. The molecule has 1 aromatic heterocycles. The second-order valence-corrected chi connectivity index (χ2v) is 12.3. The van der Waals surface area contributed by atoms with E-state index in [-0.39, 0.29) is 12.5 Å². The van der Waals surface area contributed by atoms with Crippen LogP contribution in [0.15, 0.2) is 60.8 Å². The Morgan fingerprint density at radius 2 is 1.57 bits per heavy atom. The number of carbonyl (C=O) groups excluding carboxylic acids is 1. The molecule has 13 heteroatoms. The van der Waals surface area contributed by atoms with Gasteiger partial charge in [-0.15, -0.1) is 0 Å². The third kappa shape index (κ3) is 9.50. The molecule has 1 aliphatic heterocycles. The van der Waals surface area contributed by atoms with Crippen LogP contribution in [0.2, 0.25) is 0 Å². The number of nitrogens with one attached hydrogen (secondary N) is 1. The first-order chi connectivity index (χ1) is 24.7. The Morgan fingerprint density at radius 1 is 0.843 bits per heavy atom. The number of amides is 1. The minimum Gasteiger partial charge on any atom is -0.497 e. The van der Waals surface area contributed by atoms with E-state index >= 15 is 0 Å². The number of aromatic nitrogens is 2. The minimum absolute atomic E-state index is 0.0725. The standard InChI is InChI=1S/C38H48N6O7/c1-26-10-8-11-27(2)35(26)51-38(45)44(25-28-22-30(46-4)12-13-31(28)47-5)34-14-15-39-37(41-34)40-29-23-32(48-6)36(49-7)33(24-29)50-21-9-16-43-19-17-42(3)18-20-43/h8,10-15,22-24H,9,16-21,25H2,1-7H3,(H,39,40,41). The molecule has 0 atom stereocenters. The van der Waals surface area contributed by atoms with E-state index in [4.69, 9.17) is 33.4 Å². The van der Waals surface area contributed by atoms with Crippen LogP contribution < -0.4 is 38.6 Å². The Bertz CT molecular complexity index is 1760. The molecule has 0 bridgehead atoms. The predicted octanol–water partition coefficient (Wildman–Crippen LogP) is 6.09. The van der Waals surface area contributed by atoms with Crippen molar-refractivity contribution in [2.24, 2.45) is 0 Å². The second kappa shape index (κ2) is 17.6. The molecular formula is C38H48N6O7. The maximum atomic E-state index is 14.0. The van der Waals surface area contributed by atoms with E-state index in [0.29, 0.717) is 58.2 Å². The van der Waals surface area contributed by atoms with E-state index in [1.807, 2.05) is 44.2 Å². The molecule has 1 amide bonds. The van der Waals surface area contributed by atoms with Crippen molar-refractivity contribution in [1.29, 1.82) is 0 Å². The third-order valence-corrected chi connectivity index (χ3v) is 8.73. The van der Waals surface area contributed by atoms with Gasteiger partial charge in [0, 0.05) is 62.3 Å². The van der Waals surface area contributed by atoms with E-state index in [9.17, 15) is 4.79 Å². The van der Waals surface area contributed by atoms with Crippen molar-refractivity contribution in [1.82, 2.24) is 19.8 Å². The molecule has 5 rings (SSSR count). The number of piperazine rings is 1. The molecule has 1 saturated heterocycles. The molecule has 13 nitrogen and oxygen atoms in total. The maximum Gasteiger partial charge on any atom is 0.421 e. The van der Waals surface area contributed by atoms with Crippen LogP contribution in [-0.2, 0) is 6.54 Å². The van der Waals surface area contributed by atoms with Crippen LogP contribution in [-0.4, -0.2) is 101 Å². The smallest absolute Gasteiger partial charge is 0.421 e. The molecular weight excluding hydrogens is 652 g/mol. The molecule has 272 valence electrons. The van der Waals surface area contributed by atoms with Crippen LogP contribution in [0.4, 0.5) is 22.2 Å². The van der Waals surface area contributed by atoms with Crippen LogP contribution in [0, 0.1) is 13.8 Å². The molecule has 1 fully saturated rings. The fourth-order valence-corrected chi connectivity index (χ4v) is 5.86. The lowest BCUT2D eigenvalue weighted by Crippen LogP contribution is -2.44. The summed E-state index contributed by atoms with van der Waals surface area (Å²) in [5.41, 5.74) is 2.96. The van der Waals surface area contributed by atoms with Gasteiger partial charge in [0.15, 0.2) is 11.5 Å². The fraction of sp³-hybridized carbons (Fsp3) is 0.395. The summed E-state index contributed by atoms with van der Waals surface area (Å²) in [7, 11) is 8.46. The van der Waals surface area contributed by atoms with Crippen molar-refractivity contribution in [2.45, 2.75) is 26.8 Å². The van der Waals surface area contributed by atoms with Gasteiger partial charge in [-0.2, -0.15) is 4.98 Å². The molecule has 1 aliphatic rings. The SMILES string of the molecule is COc1ccc(OC)c(CN(C(=O)Oc2c(C)cccc2C)c2ccnc(Nc3cc(OC)c(OC)c(OCCCN4CCN(C)CC4)c3)n2)c1. The van der Waals surface area contributed by atoms with Gasteiger partial charge in [-0.05, 0) is 62.7 Å². The average molecular weight is 701 g/mol. The van der Waals surface area contributed by atoms with Crippen molar-refractivity contribution in [3.63, 3.8) is 0 Å². The van der Waals surface area contributed by atoms with Crippen LogP contribution in [0.1, 0.15) is 23.1 Å². The quantitative estimate of drug-likeness (QED) is 0.145. The van der Waals surface area contributed by atoms with Gasteiger partial charge in [-0.25, -0.2) is 9.78 Å². The van der Waals surface area contributed by atoms with Crippen LogP contribution >= 0.6 is 0 Å². The summed E-state index contributed by atoms with van der Waals surface area (Å²) in [6.45, 7) is 9.58. The van der Waals surface area contributed by atoms with Crippen molar-refractivity contribution in [2.75, 3.05) is 85.0 Å². The van der Waals surface area contributed by atoms with E-state index in [1.54, 1.807) is 58.9 Å². The number of anilines is 3. The lowest BCUT2D eigenvalue weighted by molar-refractivity contribution is 0.145. The zero-order valence-electron chi connectivity index (χ0n) is 30.5. The highest BCUT2D eigenvalue weighted by Crippen LogP contribution is 2.41. The highest BCUT2D eigenvalue weighted by atomic mass is 16.6. The molecule has 0 unspecified atom stereocenters. The zero-order valence-corrected chi connectivity index (χ0v) is 30.5. The summed E-state index contributed by atoms with van der Waals surface area (Å²) in [5, 5.41) is 3.25. The number of nitrogens with zero attached hydrogens (tertiary/aromatic N) is 5. The van der Waals surface area contributed by atoms with Gasteiger partial charge in [0.25, 0.3) is 0 Å². The highest BCUT2D eigenvalue weighted by molar-refractivity contribution is 5.88. The number of likely N-dealkylation sites (N-methyl/N-ethyl adjacent to an activating group) is 1. The van der Waals surface area contributed by atoms with Gasteiger partial charge in [0.2, 0.25) is 11.7 Å². The number of methoxy groups -OCH3 is 4. The van der Waals surface area contributed by atoms with Gasteiger partial charge in [-0.3, -0.25) is 4.90 Å². The van der Waals surface area contributed by atoms with E-state index < -0.39 is 6.09 Å². The van der Waals surface area contributed by atoms with Gasteiger partial charge < -0.3 is 43.5 Å². The molecule has 0 aliphatic carbocycles. The second-order valence-electron chi connectivity index (χ2n) is 12.3. The Balaban J connectivity index is 1.40. The molecule has 1 N–H and O–H groups in total. The molecule has 4 aromatic rings. The average Bonchev–Trinajstić information content (AvgIpc) is 3.14.